The maximum atomic E-state index is 12.3. The predicted molar refractivity (Wildman–Crippen MR) is 39.2 cm³/mol. The van der Waals surface area contributed by atoms with E-state index in [4.69, 9.17) is 0 Å². The lowest BCUT2D eigenvalue weighted by Crippen LogP contribution is -1.89. The average Bonchev–Trinajstić information content (AvgIpc) is 2.08. The highest BCUT2D eigenvalue weighted by molar-refractivity contribution is 9.10. The highest BCUT2D eigenvalue weighted by Gasteiger charge is 2.18. The van der Waals surface area contributed by atoms with E-state index >= 15 is 0 Å². The minimum atomic E-state index is -4.64. The minimum Gasteiger partial charge on any atom is -0.273 e. The van der Waals surface area contributed by atoms with Gasteiger partial charge in [-0.25, -0.2) is 0 Å². The number of aryl methyl sites for hydroxylation is 1. The molecule has 0 spiro atoms. The van der Waals surface area contributed by atoms with Gasteiger partial charge in [-0.05, 0) is 15.9 Å². The molecule has 1 aromatic heterocycles. The lowest BCUT2D eigenvalue weighted by atomic mass is 10.7. The molecule has 0 fully saturated rings. The van der Waals surface area contributed by atoms with Gasteiger partial charge in [-0.3, -0.25) is 4.68 Å². The first-order chi connectivity index (χ1) is 4.91. The van der Waals surface area contributed by atoms with Gasteiger partial charge in [0.2, 0.25) is 0 Å². The minimum absolute atomic E-state index is 0.0116. The van der Waals surface area contributed by atoms with E-state index in [-0.39, 0.29) is 4.60 Å². The zero-order valence-corrected chi connectivity index (χ0v) is 7.85. The Balaban J connectivity index is 3.36. The highest BCUT2D eigenvalue weighted by Crippen LogP contribution is 2.20. The Hall–Kier alpha value is -0.430. The van der Waals surface area contributed by atoms with Crippen LogP contribution in [0.25, 0.3) is 0 Å². The summed E-state index contributed by atoms with van der Waals surface area (Å²) in [6, 6.07) is 0. The maximum absolute atomic E-state index is 12.3. The van der Waals surface area contributed by atoms with Crippen LogP contribution in [-0.4, -0.2) is 18.2 Å². The van der Waals surface area contributed by atoms with Crippen molar-refractivity contribution in [2.45, 2.75) is 4.90 Å². The Labute approximate surface area is 71.4 Å². The van der Waals surface area contributed by atoms with Crippen molar-refractivity contribution in [3.8, 4) is 0 Å². The molecule has 0 aliphatic rings. The van der Waals surface area contributed by atoms with Gasteiger partial charge >= 0.3 is 10.2 Å². The van der Waals surface area contributed by atoms with E-state index in [0.29, 0.717) is 0 Å². The molecule has 0 aliphatic heterocycles. The van der Waals surface area contributed by atoms with Crippen LogP contribution in [0.1, 0.15) is 0 Å². The van der Waals surface area contributed by atoms with E-state index in [9.17, 15) is 12.3 Å². The summed E-state index contributed by atoms with van der Waals surface area (Å²) in [5.74, 6) is 0. The van der Waals surface area contributed by atoms with Crippen molar-refractivity contribution < 1.29 is 12.3 Å². The lowest BCUT2D eigenvalue weighted by Gasteiger charge is -1.84. The molecular formula is C4H4BrFN2O2S. The summed E-state index contributed by atoms with van der Waals surface area (Å²) < 4.78 is 34.1. The second-order valence-corrected chi connectivity index (χ2v) is 3.96. The third-order valence-corrected chi connectivity index (χ3v) is 2.69. The number of rotatable bonds is 1. The monoisotopic (exact) mass is 242 g/mol. The number of hydrogen-bond acceptors (Lipinski definition) is 3. The zero-order chi connectivity index (χ0) is 8.65. The van der Waals surface area contributed by atoms with Crippen LogP contribution in [-0.2, 0) is 17.3 Å². The standard InChI is InChI=1S/C4H4BrFN2O2S/c1-8-2-3(4(5)7-8)11(6,9)10/h2H,1H3. The van der Waals surface area contributed by atoms with Gasteiger partial charge in [-0.2, -0.15) is 13.5 Å². The van der Waals surface area contributed by atoms with Gasteiger partial charge in [0.15, 0.2) is 4.90 Å². The largest absolute Gasteiger partial charge is 0.336 e. The third-order valence-electron chi connectivity index (χ3n) is 1.02. The van der Waals surface area contributed by atoms with Crippen molar-refractivity contribution in [2.75, 3.05) is 0 Å². The van der Waals surface area contributed by atoms with E-state index in [2.05, 4.69) is 21.0 Å². The molecule has 0 saturated heterocycles. The molecule has 1 rings (SSSR count). The van der Waals surface area contributed by atoms with Crippen molar-refractivity contribution in [1.29, 1.82) is 0 Å². The molecule has 0 saturated carbocycles. The van der Waals surface area contributed by atoms with Crippen LogP contribution < -0.4 is 0 Å². The number of hydrogen-bond donors (Lipinski definition) is 0. The molecule has 0 amide bonds. The molecule has 0 N–H and O–H groups in total. The molecular weight excluding hydrogens is 239 g/mol. The fourth-order valence-electron chi connectivity index (χ4n) is 0.603. The third kappa shape index (κ3) is 1.78. The number of halogens is 2. The predicted octanol–water partition coefficient (Wildman–Crippen LogP) is 0.841. The SMILES string of the molecule is Cn1cc(S(=O)(=O)F)c(Br)n1. The van der Waals surface area contributed by atoms with Crippen LogP contribution in [0.5, 0.6) is 0 Å². The summed E-state index contributed by atoms with van der Waals surface area (Å²) in [7, 11) is -3.14. The molecule has 0 bridgehead atoms. The molecule has 11 heavy (non-hydrogen) atoms. The van der Waals surface area contributed by atoms with Crippen LogP contribution in [0.4, 0.5) is 3.89 Å². The molecule has 0 aromatic carbocycles. The first kappa shape index (κ1) is 8.66. The van der Waals surface area contributed by atoms with Gasteiger partial charge < -0.3 is 0 Å². The Kier molecular flexibility index (Phi) is 2.02. The van der Waals surface area contributed by atoms with Crippen molar-refractivity contribution in [3.63, 3.8) is 0 Å². The first-order valence-electron chi connectivity index (χ1n) is 2.55. The van der Waals surface area contributed by atoms with Gasteiger partial charge in [0, 0.05) is 13.2 Å². The molecule has 4 nitrogen and oxygen atoms in total. The quantitative estimate of drug-likeness (QED) is 0.687. The summed E-state index contributed by atoms with van der Waals surface area (Å²) in [4.78, 5) is -0.444. The van der Waals surface area contributed by atoms with Crippen LogP contribution in [0.2, 0.25) is 0 Å². The second kappa shape index (κ2) is 2.56. The highest BCUT2D eigenvalue weighted by atomic mass is 79.9. The van der Waals surface area contributed by atoms with Gasteiger partial charge in [0.1, 0.15) is 4.60 Å². The molecule has 62 valence electrons. The van der Waals surface area contributed by atoms with Gasteiger partial charge in [0.25, 0.3) is 0 Å². The van der Waals surface area contributed by atoms with Gasteiger partial charge in [0.05, 0.1) is 0 Å². The number of nitrogens with zero attached hydrogens (tertiary/aromatic N) is 2. The topological polar surface area (TPSA) is 52.0 Å². The van der Waals surface area contributed by atoms with E-state index in [1.165, 1.54) is 11.7 Å². The Bertz CT molecular complexity index is 371. The van der Waals surface area contributed by atoms with Crippen LogP contribution >= 0.6 is 15.9 Å². The normalized spacial score (nSPS) is 11.9. The molecule has 0 aliphatic carbocycles. The summed E-state index contributed by atoms with van der Waals surface area (Å²) in [5, 5.41) is 3.59. The average molecular weight is 243 g/mol. The maximum Gasteiger partial charge on any atom is 0.336 e. The van der Waals surface area contributed by atoms with Crippen LogP contribution in [0, 0.1) is 0 Å². The van der Waals surface area contributed by atoms with Crippen LogP contribution in [0.15, 0.2) is 15.7 Å². The van der Waals surface area contributed by atoms with Gasteiger partial charge in [-0.15, -0.1) is 3.89 Å². The molecule has 7 heteroatoms. The first-order valence-corrected chi connectivity index (χ1v) is 4.72. The molecule has 1 heterocycles. The smallest absolute Gasteiger partial charge is 0.273 e. The molecule has 1 aromatic rings. The van der Waals surface area contributed by atoms with E-state index in [1.807, 2.05) is 0 Å². The summed E-state index contributed by atoms with van der Waals surface area (Å²) in [6.45, 7) is 0. The van der Waals surface area contributed by atoms with Crippen molar-refractivity contribution in [2.24, 2.45) is 7.05 Å². The summed E-state index contributed by atoms with van der Waals surface area (Å²) in [6.07, 6.45) is 1.08. The fraction of sp³-hybridized carbons (Fsp3) is 0.250. The van der Waals surface area contributed by atoms with E-state index in [1.54, 1.807) is 0 Å². The van der Waals surface area contributed by atoms with Gasteiger partial charge in [-0.1, -0.05) is 0 Å². The summed E-state index contributed by atoms with van der Waals surface area (Å²) >= 11 is 2.80. The van der Waals surface area contributed by atoms with Crippen molar-refractivity contribution in [1.82, 2.24) is 9.78 Å². The fourth-order valence-corrected chi connectivity index (χ4v) is 2.06. The van der Waals surface area contributed by atoms with Crippen molar-refractivity contribution >= 4 is 26.2 Å². The van der Waals surface area contributed by atoms with E-state index < -0.39 is 15.1 Å². The molecule has 0 radical (unpaired) electrons. The lowest BCUT2D eigenvalue weighted by molar-refractivity contribution is 0.551. The Morgan fingerprint density at radius 1 is 1.73 bits per heavy atom. The van der Waals surface area contributed by atoms with Crippen LogP contribution in [0.3, 0.4) is 0 Å². The zero-order valence-electron chi connectivity index (χ0n) is 5.45. The summed E-state index contributed by atoms with van der Waals surface area (Å²) in [5.41, 5.74) is 0. The Morgan fingerprint density at radius 3 is 2.45 bits per heavy atom. The van der Waals surface area contributed by atoms with Crippen molar-refractivity contribution in [3.05, 3.63) is 10.8 Å². The second-order valence-electron chi connectivity index (χ2n) is 1.90. The molecule has 0 atom stereocenters. The molecule has 0 unspecified atom stereocenters. The Morgan fingerprint density at radius 2 is 2.27 bits per heavy atom. The number of aromatic nitrogens is 2. The van der Waals surface area contributed by atoms with E-state index in [0.717, 1.165) is 6.20 Å².